The van der Waals surface area contributed by atoms with Gasteiger partial charge in [-0.05, 0) is 18.6 Å². The van der Waals surface area contributed by atoms with Gasteiger partial charge in [0.15, 0.2) is 0 Å². The Hall–Kier alpha value is -1.77. The van der Waals surface area contributed by atoms with Crippen molar-refractivity contribution in [3.8, 4) is 5.69 Å². The zero-order valence-corrected chi connectivity index (χ0v) is 8.73. The van der Waals surface area contributed by atoms with Gasteiger partial charge in [-0.1, -0.05) is 31.5 Å². The Balaban J connectivity index is 2.48. The van der Waals surface area contributed by atoms with Gasteiger partial charge in [-0.25, -0.2) is 0 Å². The summed E-state index contributed by atoms with van der Waals surface area (Å²) in [6.07, 6.45) is 1.94. The van der Waals surface area contributed by atoms with Gasteiger partial charge in [-0.15, -0.1) is 0 Å². The van der Waals surface area contributed by atoms with E-state index < -0.39 is 0 Å². The van der Waals surface area contributed by atoms with Crippen molar-refractivity contribution >= 4 is 0 Å². The highest BCUT2D eigenvalue weighted by atomic mass is 16.1. The lowest BCUT2D eigenvalue weighted by Crippen LogP contribution is -2.05. The van der Waals surface area contributed by atoms with Crippen molar-refractivity contribution in [3.05, 3.63) is 52.4 Å². The van der Waals surface area contributed by atoms with Crippen LogP contribution in [0.3, 0.4) is 0 Å². The zero-order chi connectivity index (χ0) is 10.7. The number of aromatic amines is 1. The van der Waals surface area contributed by atoms with E-state index in [9.17, 15) is 4.79 Å². The molecule has 1 heterocycles. The summed E-state index contributed by atoms with van der Waals surface area (Å²) in [6.45, 7) is 2.10. The molecule has 1 aromatic carbocycles. The van der Waals surface area contributed by atoms with Gasteiger partial charge in [0, 0.05) is 11.8 Å². The maximum atomic E-state index is 11.3. The quantitative estimate of drug-likeness (QED) is 0.813. The van der Waals surface area contributed by atoms with Crippen LogP contribution in [0.15, 0.2) is 41.2 Å². The van der Waals surface area contributed by atoms with E-state index in [1.54, 1.807) is 6.07 Å². The Morgan fingerprint density at radius 1 is 1.27 bits per heavy atom. The molecular weight excluding hydrogens is 188 g/mol. The van der Waals surface area contributed by atoms with Gasteiger partial charge in [-0.3, -0.25) is 14.6 Å². The predicted octanol–water partition coefficient (Wildman–Crippen LogP) is 2.12. The number of aryl methyl sites for hydroxylation is 1. The average molecular weight is 202 g/mol. The fraction of sp³-hybridized carbons (Fsp3) is 0.250. The molecule has 3 nitrogen and oxygen atoms in total. The highest BCUT2D eigenvalue weighted by molar-refractivity contribution is 5.32. The molecule has 0 atom stereocenters. The summed E-state index contributed by atoms with van der Waals surface area (Å²) >= 11 is 0. The minimum atomic E-state index is -0.0395. The molecule has 2 aromatic rings. The predicted molar refractivity (Wildman–Crippen MR) is 60.4 cm³/mol. The van der Waals surface area contributed by atoms with E-state index in [-0.39, 0.29) is 5.56 Å². The molecule has 0 saturated carbocycles. The summed E-state index contributed by atoms with van der Waals surface area (Å²) in [5, 5.41) is 2.81. The van der Waals surface area contributed by atoms with Crippen LogP contribution in [0.5, 0.6) is 0 Å². The van der Waals surface area contributed by atoms with E-state index in [1.165, 1.54) is 0 Å². The topological polar surface area (TPSA) is 37.8 Å². The minimum Gasteiger partial charge on any atom is -0.268 e. The third kappa shape index (κ3) is 2.01. The molecule has 0 bridgehead atoms. The van der Waals surface area contributed by atoms with Crippen molar-refractivity contribution in [2.24, 2.45) is 0 Å². The first kappa shape index (κ1) is 9.77. The lowest BCUT2D eigenvalue weighted by molar-refractivity contribution is 0.770. The number of hydrogen-bond donors (Lipinski definition) is 1. The third-order valence-electron chi connectivity index (χ3n) is 2.33. The Morgan fingerprint density at radius 3 is 2.67 bits per heavy atom. The molecule has 2 rings (SSSR count). The first-order valence-corrected chi connectivity index (χ1v) is 5.17. The SMILES string of the molecule is CCCc1cc(=O)[nH]n1-c1ccccc1. The van der Waals surface area contributed by atoms with Crippen molar-refractivity contribution in [1.82, 2.24) is 9.78 Å². The standard InChI is InChI=1S/C12H14N2O/c1-2-6-11-9-12(15)13-14(11)10-7-4-3-5-8-10/h3-5,7-9H,2,6H2,1H3,(H,13,15). The number of H-pyrrole nitrogens is 1. The first-order valence-electron chi connectivity index (χ1n) is 5.17. The van der Waals surface area contributed by atoms with Crippen LogP contribution in [0.4, 0.5) is 0 Å². The second-order valence-corrected chi connectivity index (χ2v) is 3.53. The van der Waals surface area contributed by atoms with Crippen LogP contribution >= 0.6 is 0 Å². The summed E-state index contributed by atoms with van der Waals surface area (Å²) in [7, 11) is 0. The fourth-order valence-corrected chi connectivity index (χ4v) is 1.68. The van der Waals surface area contributed by atoms with Crippen LogP contribution in [0.1, 0.15) is 19.0 Å². The lowest BCUT2D eigenvalue weighted by Gasteiger charge is -2.06. The van der Waals surface area contributed by atoms with Crippen LogP contribution in [-0.2, 0) is 6.42 Å². The second-order valence-electron chi connectivity index (χ2n) is 3.53. The van der Waals surface area contributed by atoms with Gasteiger partial charge in [0.2, 0.25) is 0 Å². The Morgan fingerprint density at radius 2 is 2.00 bits per heavy atom. The normalized spacial score (nSPS) is 10.5. The van der Waals surface area contributed by atoms with Crippen LogP contribution in [0.2, 0.25) is 0 Å². The fourth-order valence-electron chi connectivity index (χ4n) is 1.68. The molecule has 0 aliphatic rings. The lowest BCUT2D eigenvalue weighted by atomic mass is 10.2. The van der Waals surface area contributed by atoms with Crippen LogP contribution in [0, 0.1) is 0 Å². The van der Waals surface area contributed by atoms with Gasteiger partial charge >= 0.3 is 0 Å². The number of para-hydroxylation sites is 1. The van der Waals surface area contributed by atoms with Crippen LogP contribution in [0.25, 0.3) is 5.69 Å². The summed E-state index contributed by atoms with van der Waals surface area (Å²) in [5.41, 5.74) is 2.00. The molecule has 0 spiro atoms. The third-order valence-corrected chi connectivity index (χ3v) is 2.33. The summed E-state index contributed by atoms with van der Waals surface area (Å²) in [4.78, 5) is 11.3. The van der Waals surface area contributed by atoms with Gasteiger partial charge < -0.3 is 0 Å². The number of aromatic nitrogens is 2. The van der Waals surface area contributed by atoms with Crippen LogP contribution in [-0.4, -0.2) is 9.78 Å². The second kappa shape index (κ2) is 4.17. The Kier molecular flexibility index (Phi) is 2.72. The van der Waals surface area contributed by atoms with Crippen molar-refractivity contribution in [1.29, 1.82) is 0 Å². The van der Waals surface area contributed by atoms with Gasteiger partial charge in [0.25, 0.3) is 5.56 Å². The summed E-state index contributed by atoms with van der Waals surface area (Å²) < 4.78 is 1.85. The van der Waals surface area contributed by atoms with Crippen molar-refractivity contribution in [3.63, 3.8) is 0 Å². The van der Waals surface area contributed by atoms with Gasteiger partial charge in [0.05, 0.1) is 5.69 Å². The van der Waals surface area contributed by atoms with Crippen molar-refractivity contribution in [2.45, 2.75) is 19.8 Å². The highest BCUT2D eigenvalue weighted by Crippen LogP contribution is 2.09. The Labute approximate surface area is 88.4 Å². The molecule has 1 N–H and O–H groups in total. The first-order chi connectivity index (χ1) is 7.31. The Bertz CT molecular complexity index is 482. The molecule has 0 unspecified atom stereocenters. The largest absolute Gasteiger partial charge is 0.268 e. The van der Waals surface area contributed by atoms with Crippen molar-refractivity contribution in [2.75, 3.05) is 0 Å². The molecule has 0 saturated heterocycles. The van der Waals surface area contributed by atoms with E-state index in [2.05, 4.69) is 12.0 Å². The average Bonchev–Trinajstić information content (AvgIpc) is 2.62. The number of hydrogen-bond acceptors (Lipinski definition) is 1. The monoisotopic (exact) mass is 202 g/mol. The molecule has 78 valence electrons. The number of nitrogens with zero attached hydrogens (tertiary/aromatic N) is 1. The number of benzene rings is 1. The molecule has 0 fully saturated rings. The van der Waals surface area contributed by atoms with E-state index in [0.29, 0.717) is 0 Å². The maximum absolute atomic E-state index is 11.3. The number of rotatable bonds is 3. The molecule has 1 aromatic heterocycles. The molecular formula is C12H14N2O. The molecule has 0 amide bonds. The van der Waals surface area contributed by atoms with E-state index in [1.807, 2.05) is 35.0 Å². The smallest absolute Gasteiger partial charge is 0.264 e. The maximum Gasteiger partial charge on any atom is 0.264 e. The van der Waals surface area contributed by atoms with Gasteiger partial charge in [-0.2, -0.15) is 0 Å². The molecule has 3 heteroatoms. The van der Waals surface area contributed by atoms with Crippen molar-refractivity contribution < 1.29 is 0 Å². The summed E-state index contributed by atoms with van der Waals surface area (Å²) in [5.74, 6) is 0. The molecule has 0 aliphatic carbocycles. The van der Waals surface area contributed by atoms with E-state index in [0.717, 1.165) is 24.2 Å². The van der Waals surface area contributed by atoms with E-state index in [4.69, 9.17) is 0 Å². The molecule has 15 heavy (non-hydrogen) atoms. The zero-order valence-electron chi connectivity index (χ0n) is 8.73. The minimum absolute atomic E-state index is 0.0395. The van der Waals surface area contributed by atoms with E-state index >= 15 is 0 Å². The highest BCUT2D eigenvalue weighted by Gasteiger charge is 2.04. The molecule has 0 radical (unpaired) electrons. The van der Waals surface area contributed by atoms with Crippen LogP contribution < -0.4 is 5.56 Å². The molecule has 0 aliphatic heterocycles. The number of nitrogens with one attached hydrogen (secondary N) is 1. The van der Waals surface area contributed by atoms with Gasteiger partial charge in [0.1, 0.15) is 0 Å². The summed E-state index contributed by atoms with van der Waals surface area (Å²) in [6, 6.07) is 11.5.